The van der Waals surface area contributed by atoms with Crippen LogP contribution in [-0.2, 0) is 10.3 Å². The average molecular weight is 333 g/mol. The van der Waals surface area contributed by atoms with Crippen LogP contribution in [0.2, 0.25) is 0 Å². The van der Waals surface area contributed by atoms with Crippen LogP contribution in [0.25, 0.3) is 0 Å². The van der Waals surface area contributed by atoms with Gasteiger partial charge in [-0.25, -0.2) is 4.79 Å². The second-order valence-corrected chi connectivity index (χ2v) is 8.21. The summed E-state index contributed by atoms with van der Waals surface area (Å²) in [6.45, 7) is 6.19. The Bertz CT molecular complexity index is 647. The summed E-state index contributed by atoms with van der Waals surface area (Å²) in [7, 11) is 0. The maximum atomic E-state index is 12.7. The molecule has 1 aromatic heterocycles. The predicted octanol–water partition coefficient (Wildman–Crippen LogP) is 3.03. The molecule has 1 amide bonds. The van der Waals surface area contributed by atoms with Gasteiger partial charge in [0.15, 0.2) is 5.69 Å². The molecule has 2 saturated carbocycles. The number of carbonyl (C=O) groups is 2. The normalized spacial score (nSPS) is 20.6. The first kappa shape index (κ1) is 17.0. The number of hydrogen-bond acceptors (Lipinski definition) is 3. The molecule has 3 rings (SSSR count). The van der Waals surface area contributed by atoms with Crippen molar-refractivity contribution in [2.75, 3.05) is 0 Å². The molecule has 1 aromatic rings. The summed E-state index contributed by atoms with van der Waals surface area (Å²) >= 11 is 0. The fourth-order valence-corrected chi connectivity index (χ4v) is 3.54. The van der Waals surface area contributed by atoms with Crippen LogP contribution in [0.4, 0.5) is 0 Å². The second-order valence-electron chi connectivity index (χ2n) is 8.21. The Balaban J connectivity index is 1.86. The van der Waals surface area contributed by atoms with E-state index in [9.17, 15) is 14.7 Å². The maximum Gasteiger partial charge on any atom is 0.329 e. The molecule has 0 spiro atoms. The minimum atomic E-state index is -1.14. The number of amides is 1. The highest BCUT2D eigenvalue weighted by molar-refractivity contribution is 5.96. The third-order valence-electron chi connectivity index (χ3n) is 5.07. The summed E-state index contributed by atoms with van der Waals surface area (Å²) in [6.07, 6.45) is 5.92. The number of hydrogen-bond donors (Lipinski definition) is 2. The van der Waals surface area contributed by atoms with Gasteiger partial charge in [-0.3, -0.25) is 9.48 Å². The topological polar surface area (TPSA) is 84.2 Å². The van der Waals surface area contributed by atoms with Crippen molar-refractivity contribution in [3.63, 3.8) is 0 Å². The van der Waals surface area contributed by atoms with E-state index < -0.39 is 11.5 Å². The molecular formula is C18H27N3O3. The first-order chi connectivity index (χ1) is 11.2. The molecule has 0 saturated heterocycles. The van der Waals surface area contributed by atoms with Gasteiger partial charge in [-0.15, -0.1) is 0 Å². The van der Waals surface area contributed by atoms with Crippen molar-refractivity contribution in [1.29, 1.82) is 0 Å². The van der Waals surface area contributed by atoms with E-state index in [2.05, 4.69) is 31.2 Å². The predicted molar refractivity (Wildman–Crippen MR) is 90.1 cm³/mol. The van der Waals surface area contributed by atoms with E-state index in [1.165, 1.54) is 0 Å². The summed E-state index contributed by atoms with van der Waals surface area (Å²) in [5.41, 5.74) is 0.0746. The van der Waals surface area contributed by atoms with Gasteiger partial charge in [-0.1, -0.05) is 19.3 Å². The fourth-order valence-electron chi connectivity index (χ4n) is 3.54. The molecule has 2 fully saturated rings. The summed E-state index contributed by atoms with van der Waals surface area (Å²) in [5.74, 6) is -0.834. The quantitative estimate of drug-likeness (QED) is 0.887. The summed E-state index contributed by atoms with van der Waals surface area (Å²) in [4.78, 5) is 24.5. The molecule has 0 atom stereocenters. The van der Waals surface area contributed by atoms with Gasteiger partial charge in [-0.2, -0.15) is 5.10 Å². The van der Waals surface area contributed by atoms with Crippen molar-refractivity contribution in [1.82, 2.24) is 15.1 Å². The maximum absolute atomic E-state index is 12.7. The molecule has 0 unspecified atom stereocenters. The van der Waals surface area contributed by atoms with Crippen molar-refractivity contribution in [3.05, 3.63) is 17.5 Å². The molecule has 6 nitrogen and oxygen atoms in total. The first-order valence-electron chi connectivity index (χ1n) is 8.89. The number of rotatable bonds is 4. The summed E-state index contributed by atoms with van der Waals surface area (Å²) < 4.78 is 1.92. The second kappa shape index (κ2) is 5.90. The zero-order chi connectivity index (χ0) is 17.5. The Morgan fingerprint density at radius 3 is 2.38 bits per heavy atom. The lowest BCUT2D eigenvalue weighted by molar-refractivity contribution is -0.145. The lowest BCUT2D eigenvalue weighted by Crippen LogP contribution is -2.55. The number of aliphatic carboxylic acids is 1. The molecule has 2 aliphatic rings. The number of aromatic nitrogens is 2. The van der Waals surface area contributed by atoms with E-state index in [0.29, 0.717) is 24.5 Å². The minimum absolute atomic E-state index is 0.203. The van der Waals surface area contributed by atoms with Crippen LogP contribution in [-0.4, -0.2) is 32.3 Å². The van der Waals surface area contributed by atoms with Crippen LogP contribution in [0.15, 0.2) is 6.07 Å². The van der Waals surface area contributed by atoms with Gasteiger partial charge in [-0.05, 0) is 52.5 Å². The SMILES string of the molecule is CC(C)(C)n1nc(C(=O)NC2(C(=O)O)CCCCC2)cc1C1CC1. The molecule has 0 bridgehead atoms. The minimum Gasteiger partial charge on any atom is -0.480 e. The van der Waals surface area contributed by atoms with Crippen molar-refractivity contribution >= 4 is 11.9 Å². The van der Waals surface area contributed by atoms with Gasteiger partial charge in [0.05, 0.1) is 5.54 Å². The van der Waals surface area contributed by atoms with E-state index in [1.807, 2.05) is 10.7 Å². The number of carbonyl (C=O) groups excluding carboxylic acids is 1. The zero-order valence-electron chi connectivity index (χ0n) is 14.8. The molecule has 2 aliphatic carbocycles. The van der Waals surface area contributed by atoms with Crippen LogP contribution in [0, 0.1) is 0 Å². The highest BCUT2D eigenvalue weighted by Crippen LogP contribution is 2.41. The van der Waals surface area contributed by atoms with Crippen LogP contribution in [0.1, 0.15) is 87.8 Å². The van der Waals surface area contributed by atoms with Crippen molar-refractivity contribution in [2.24, 2.45) is 0 Å². The van der Waals surface area contributed by atoms with Crippen molar-refractivity contribution in [3.8, 4) is 0 Å². The fraction of sp³-hybridized carbons (Fsp3) is 0.722. The van der Waals surface area contributed by atoms with E-state index in [-0.39, 0.29) is 11.4 Å². The number of carboxylic acid groups (broad SMARTS) is 1. The Kier molecular flexibility index (Phi) is 4.18. The molecule has 24 heavy (non-hydrogen) atoms. The van der Waals surface area contributed by atoms with Gasteiger partial charge in [0, 0.05) is 11.6 Å². The molecule has 132 valence electrons. The Labute approximate surface area is 142 Å². The first-order valence-corrected chi connectivity index (χ1v) is 8.89. The largest absolute Gasteiger partial charge is 0.480 e. The Morgan fingerprint density at radius 1 is 1.25 bits per heavy atom. The van der Waals surface area contributed by atoms with Crippen LogP contribution < -0.4 is 5.32 Å². The molecule has 0 aliphatic heterocycles. The third-order valence-corrected chi connectivity index (χ3v) is 5.07. The summed E-state index contributed by atoms with van der Waals surface area (Å²) in [5, 5.41) is 16.9. The Morgan fingerprint density at radius 2 is 1.88 bits per heavy atom. The lowest BCUT2D eigenvalue weighted by atomic mass is 9.81. The van der Waals surface area contributed by atoms with Gasteiger partial charge in [0.2, 0.25) is 0 Å². The highest BCUT2D eigenvalue weighted by Gasteiger charge is 2.42. The summed E-state index contributed by atoms with van der Waals surface area (Å²) in [6, 6.07) is 1.84. The van der Waals surface area contributed by atoms with Crippen molar-refractivity contribution in [2.45, 2.75) is 82.7 Å². The van der Waals surface area contributed by atoms with Crippen molar-refractivity contribution < 1.29 is 14.7 Å². The van der Waals surface area contributed by atoms with E-state index in [0.717, 1.165) is 37.8 Å². The van der Waals surface area contributed by atoms with Gasteiger partial charge in [0.25, 0.3) is 5.91 Å². The smallest absolute Gasteiger partial charge is 0.329 e. The van der Waals surface area contributed by atoms with E-state index in [4.69, 9.17) is 0 Å². The van der Waals surface area contributed by atoms with Crippen LogP contribution in [0.3, 0.4) is 0 Å². The van der Waals surface area contributed by atoms with Crippen LogP contribution >= 0.6 is 0 Å². The number of nitrogens with one attached hydrogen (secondary N) is 1. The van der Waals surface area contributed by atoms with Gasteiger partial charge >= 0.3 is 5.97 Å². The van der Waals surface area contributed by atoms with E-state index in [1.54, 1.807) is 0 Å². The molecule has 0 radical (unpaired) electrons. The number of carboxylic acids is 1. The molecular weight excluding hydrogens is 306 g/mol. The van der Waals surface area contributed by atoms with Gasteiger partial charge in [0.1, 0.15) is 5.54 Å². The van der Waals surface area contributed by atoms with Crippen LogP contribution in [0.5, 0.6) is 0 Å². The highest BCUT2D eigenvalue weighted by atomic mass is 16.4. The molecule has 0 aromatic carbocycles. The molecule has 2 N–H and O–H groups in total. The Hall–Kier alpha value is -1.85. The van der Waals surface area contributed by atoms with Gasteiger partial charge < -0.3 is 10.4 Å². The molecule has 6 heteroatoms. The average Bonchev–Trinajstić information content (AvgIpc) is 3.24. The zero-order valence-corrected chi connectivity index (χ0v) is 14.8. The standard InChI is InChI=1S/C18H27N3O3/c1-17(2,3)21-14(12-7-8-12)11-13(20-21)15(22)19-18(16(23)24)9-5-4-6-10-18/h11-12H,4-10H2,1-3H3,(H,19,22)(H,23,24). The molecule has 1 heterocycles. The number of nitrogens with zero attached hydrogens (tertiary/aromatic N) is 2. The third kappa shape index (κ3) is 3.19. The lowest BCUT2D eigenvalue weighted by Gasteiger charge is -2.33. The monoisotopic (exact) mass is 333 g/mol. The van der Waals surface area contributed by atoms with E-state index >= 15 is 0 Å².